The van der Waals surface area contributed by atoms with Gasteiger partial charge in [0.15, 0.2) is 11.4 Å². The second kappa shape index (κ2) is 8.67. The molecule has 0 spiro atoms. The monoisotopic (exact) mass is 393 g/mol. The van der Waals surface area contributed by atoms with E-state index >= 15 is 0 Å². The quantitative estimate of drug-likeness (QED) is 0.771. The SMILES string of the molecule is C1=CN(c2noc3ccc(CN4CCN(CC5CCCCC5)CC4)cc23)CN=C1. The highest BCUT2D eigenvalue weighted by Crippen LogP contribution is 2.29. The van der Waals surface area contributed by atoms with Gasteiger partial charge in [-0.1, -0.05) is 30.5 Å². The molecule has 6 heteroatoms. The van der Waals surface area contributed by atoms with E-state index in [2.05, 4.69) is 38.1 Å². The van der Waals surface area contributed by atoms with Crippen LogP contribution in [0.1, 0.15) is 37.7 Å². The first kappa shape index (κ1) is 18.8. The van der Waals surface area contributed by atoms with Crippen molar-refractivity contribution in [1.82, 2.24) is 15.0 Å². The van der Waals surface area contributed by atoms with Crippen LogP contribution in [0.25, 0.3) is 11.0 Å². The maximum atomic E-state index is 5.54. The summed E-state index contributed by atoms with van der Waals surface area (Å²) in [5.41, 5.74) is 2.16. The second-order valence-electron chi connectivity index (χ2n) is 8.70. The van der Waals surface area contributed by atoms with E-state index in [9.17, 15) is 0 Å². The summed E-state index contributed by atoms with van der Waals surface area (Å²) >= 11 is 0. The molecule has 0 amide bonds. The van der Waals surface area contributed by atoms with Gasteiger partial charge in [0, 0.05) is 51.7 Å². The molecule has 2 fully saturated rings. The lowest BCUT2D eigenvalue weighted by atomic mass is 9.89. The zero-order valence-electron chi connectivity index (χ0n) is 17.2. The molecule has 1 aromatic carbocycles. The summed E-state index contributed by atoms with van der Waals surface area (Å²) in [6.45, 7) is 7.62. The number of anilines is 1. The van der Waals surface area contributed by atoms with E-state index in [1.165, 1.54) is 57.3 Å². The van der Waals surface area contributed by atoms with Gasteiger partial charge < -0.3 is 14.3 Å². The lowest BCUT2D eigenvalue weighted by Crippen LogP contribution is -2.47. The van der Waals surface area contributed by atoms with Gasteiger partial charge in [-0.15, -0.1) is 0 Å². The minimum Gasteiger partial charge on any atom is -0.354 e. The smallest absolute Gasteiger partial charge is 0.185 e. The number of hydrogen-bond acceptors (Lipinski definition) is 6. The Bertz CT molecular complexity index is 875. The molecule has 154 valence electrons. The Hall–Kier alpha value is -2.18. The molecular formula is C23H31N5O. The van der Waals surface area contributed by atoms with Crippen LogP contribution in [0.5, 0.6) is 0 Å². The maximum Gasteiger partial charge on any atom is 0.185 e. The summed E-state index contributed by atoms with van der Waals surface area (Å²) in [6, 6.07) is 6.47. The van der Waals surface area contributed by atoms with E-state index < -0.39 is 0 Å². The van der Waals surface area contributed by atoms with Crippen LogP contribution < -0.4 is 4.90 Å². The summed E-state index contributed by atoms with van der Waals surface area (Å²) in [7, 11) is 0. The van der Waals surface area contributed by atoms with Gasteiger partial charge in [-0.05, 0) is 42.5 Å². The molecule has 2 aliphatic heterocycles. The third kappa shape index (κ3) is 4.38. The summed E-state index contributed by atoms with van der Waals surface area (Å²) in [5, 5.41) is 5.35. The molecule has 3 aliphatic rings. The predicted molar refractivity (Wildman–Crippen MR) is 117 cm³/mol. The fourth-order valence-electron chi connectivity index (χ4n) is 4.92. The summed E-state index contributed by atoms with van der Waals surface area (Å²) in [5.74, 6) is 1.80. The number of rotatable bonds is 5. The summed E-state index contributed by atoms with van der Waals surface area (Å²) < 4.78 is 5.54. The van der Waals surface area contributed by atoms with Gasteiger partial charge >= 0.3 is 0 Å². The van der Waals surface area contributed by atoms with Crippen molar-refractivity contribution in [3.63, 3.8) is 0 Å². The molecule has 1 aliphatic carbocycles. The van der Waals surface area contributed by atoms with Crippen molar-refractivity contribution >= 4 is 23.0 Å². The molecule has 1 saturated heterocycles. The molecule has 0 bridgehead atoms. The predicted octanol–water partition coefficient (Wildman–Crippen LogP) is 3.89. The number of hydrogen-bond donors (Lipinski definition) is 0. The normalized spacial score (nSPS) is 22.0. The fraction of sp³-hybridized carbons (Fsp3) is 0.565. The third-order valence-corrected chi connectivity index (χ3v) is 6.59. The molecule has 2 aromatic rings. The van der Waals surface area contributed by atoms with E-state index in [-0.39, 0.29) is 0 Å². The van der Waals surface area contributed by atoms with Gasteiger partial charge in [-0.3, -0.25) is 9.89 Å². The maximum absolute atomic E-state index is 5.54. The average Bonchev–Trinajstić information content (AvgIpc) is 3.20. The van der Waals surface area contributed by atoms with Gasteiger partial charge in [0.1, 0.15) is 6.67 Å². The van der Waals surface area contributed by atoms with Gasteiger partial charge in [0.05, 0.1) is 5.39 Å². The minimum absolute atomic E-state index is 0.589. The number of benzene rings is 1. The molecule has 0 radical (unpaired) electrons. The first-order chi connectivity index (χ1) is 14.3. The van der Waals surface area contributed by atoms with Gasteiger partial charge in [0.25, 0.3) is 0 Å². The Labute approximate surface area is 172 Å². The van der Waals surface area contributed by atoms with Crippen molar-refractivity contribution in [2.24, 2.45) is 10.9 Å². The Morgan fingerprint density at radius 2 is 1.83 bits per heavy atom. The van der Waals surface area contributed by atoms with E-state index in [1.807, 2.05) is 23.4 Å². The van der Waals surface area contributed by atoms with E-state index in [0.717, 1.165) is 42.3 Å². The highest BCUT2D eigenvalue weighted by Gasteiger charge is 2.22. The molecule has 1 aromatic heterocycles. The van der Waals surface area contributed by atoms with Crippen molar-refractivity contribution in [2.45, 2.75) is 38.6 Å². The van der Waals surface area contributed by atoms with Crippen molar-refractivity contribution in [2.75, 3.05) is 44.3 Å². The lowest BCUT2D eigenvalue weighted by Gasteiger charge is -2.37. The topological polar surface area (TPSA) is 48.1 Å². The molecule has 0 N–H and O–H groups in total. The van der Waals surface area contributed by atoms with Crippen molar-refractivity contribution in [3.05, 3.63) is 36.0 Å². The molecule has 5 rings (SSSR count). The standard InChI is InChI=1S/C23H31N5O/c1-2-5-19(6-3-1)16-26-11-13-27(14-12-26)17-20-7-8-22-21(15-20)23(25-29-22)28-10-4-9-24-18-28/h4,7-10,15,19H,1-3,5-6,11-14,16-18H2. The van der Waals surface area contributed by atoms with Gasteiger partial charge in [-0.2, -0.15) is 0 Å². The molecule has 1 saturated carbocycles. The highest BCUT2D eigenvalue weighted by molar-refractivity contribution is 5.90. The van der Waals surface area contributed by atoms with E-state index in [0.29, 0.717) is 6.67 Å². The fourth-order valence-corrected chi connectivity index (χ4v) is 4.92. The molecule has 0 atom stereocenters. The third-order valence-electron chi connectivity index (χ3n) is 6.59. The van der Waals surface area contributed by atoms with Gasteiger partial charge in [-0.25, -0.2) is 0 Å². The van der Waals surface area contributed by atoms with Crippen LogP contribution in [0.4, 0.5) is 5.82 Å². The van der Waals surface area contributed by atoms with Crippen molar-refractivity contribution in [1.29, 1.82) is 0 Å². The Balaban J connectivity index is 1.20. The number of aromatic nitrogens is 1. The molecule has 0 unspecified atom stereocenters. The van der Waals surface area contributed by atoms with Crippen LogP contribution in [-0.4, -0.2) is 60.6 Å². The van der Waals surface area contributed by atoms with Crippen LogP contribution in [0.15, 0.2) is 40.0 Å². The molecule has 3 heterocycles. The molecule has 29 heavy (non-hydrogen) atoms. The van der Waals surface area contributed by atoms with Crippen LogP contribution in [0.3, 0.4) is 0 Å². The number of allylic oxidation sites excluding steroid dienone is 1. The highest BCUT2D eigenvalue weighted by atomic mass is 16.5. The zero-order chi connectivity index (χ0) is 19.5. The molecular weight excluding hydrogens is 362 g/mol. The first-order valence-electron chi connectivity index (χ1n) is 11.1. The Kier molecular flexibility index (Phi) is 5.63. The first-order valence-corrected chi connectivity index (χ1v) is 11.1. The average molecular weight is 394 g/mol. The van der Waals surface area contributed by atoms with Crippen LogP contribution in [0, 0.1) is 5.92 Å². The Morgan fingerprint density at radius 3 is 2.62 bits per heavy atom. The number of fused-ring (bicyclic) bond motifs is 1. The van der Waals surface area contributed by atoms with Crippen LogP contribution in [0.2, 0.25) is 0 Å². The Morgan fingerprint density at radius 1 is 1.00 bits per heavy atom. The van der Waals surface area contributed by atoms with Crippen molar-refractivity contribution < 1.29 is 4.52 Å². The summed E-state index contributed by atoms with van der Waals surface area (Å²) in [4.78, 5) is 11.6. The van der Waals surface area contributed by atoms with Crippen LogP contribution >= 0.6 is 0 Å². The minimum atomic E-state index is 0.589. The number of aliphatic imine (C=N–C) groups is 1. The largest absolute Gasteiger partial charge is 0.354 e. The van der Waals surface area contributed by atoms with Crippen molar-refractivity contribution in [3.8, 4) is 0 Å². The number of nitrogens with zero attached hydrogens (tertiary/aromatic N) is 5. The number of piperazine rings is 1. The lowest BCUT2D eigenvalue weighted by molar-refractivity contribution is 0.105. The van der Waals surface area contributed by atoms with E-state index in [4.69, 9.17) is 4.52 Å². The zero-order valence-corrected chi connectivity index (χ0v) is 17.2. The van der Waals surface area contributed by atoms with E-state index in [1.54, 1.807) is 0 Å². The van der Waals surface area contributed by atoms with Crippen LogP contribution in [-0.2, 0) is 6.54 Å². The molecule has 6 nitrogen and oxygen atoms in total. The van der Waals surface area contributed by atoms with Gasteiger partial charge in [0.2, 0.25) is 0 Å². The second-order valence-corrected chi connectivity index (χ2v) is 8.70. The summed E-state index contributed by atoms with van der Waals surface area (Å²) in [6.07, 6.45) is 13.0.